The van der Waals surface area contributed by atoms with Crippen molar-refractivity contribution in [2.24, 2.45) is 5.92 Å². The molecule has 0 amide bonds. The molecule has 19 heavy (non-hydrogen) atoms. The van der Waals surface area contributed by atoms with E-state index in [1.807, 2.05) is 0 Å². The summed E-state index contributed by atoms with van der Waals surface area (Å²) in [4.78, 5) is 15.4. The van der Waals surface area contributed by atoms with Gasteiger partial charge in [0.25, 0.3) is 0 Å². The molecule has 1 heterocycles. The Bertz CT molecular complexity index is 416. The molecule has 0 aliphatic carbocycles. The molecule has 1 rings (SSSR count). The van der Waals surface area contributed by atoms with Crippen molar-refractivity contribution in [2.45, 2.75) is 33.1 Å². The van der Waals surface area contributed by atoms with Crippen molar-refractivity contribution in [3.8, 4) is 0 Å². The number of anilines is 1. The van der Waals surface area contributed by atoms with Crippen molar-refractivity contribution in [2.75, 3.05) is 25.1 Å². The van der Waals surface area contributed by atoms with Gasteiger partial charge in [-0.1, -0.05) is 13.8 Å². The summed E-state index contributed by atoms with van der Waals surface area (Å²) in [6.07, 6.45) is 0. The van der Waals surface area contributed by atoms with Gasteiger partial charge >= 0.3 is 5.97 Å². The molecular weight excluding hydrogens is 264 g/mol. The average Bonchev–Trinajstić information content (AvgIpc) is 2.77. The van der Waals surface area contributed by atoms with Crippen molar-refractivity contribution in [3.05, 3.63) is 11.1 Å². The Balaban J connectivity index is 2.41. The van der Waals surface area contributed by atoms with Crippen LogP contribution in [-0.2, 0) is 14.9 Å². The number of hydrogen-bond donors (Lipinski definition) is 2. The van der Waals surface area contributed by atoms with Crippen LogP contribution in [0.25, 0.3) is 0 Å². The third-order valence-corrected chi connectivity index (χ3v) is 3.45. The van der Waals surface area contributed by atoms with Gasteiger partial charge in [0.2, 0.25) is 0 Å². The van der Waals surface area contributed by atoms with Crippen LogP contribution in [0.1, 0.15) is 33.4 Å². The molecule has 0 bridgehead atoms. The molecule has 0 fully saturated rings. The first-order valence-electron chi connectivity index (χ1n) is 6.35. The molecule has 2 N–H and O–H groups in total. The zero-order chi connectivity index (χ0) is 14.5. The van der Waals surface area contributed by atoms with Gasteiger partial charge in [-0.25, -0.2) is 4.98 Å². The summed E-state index contributed by atoms with van der Waals surface area (Å²) < 4.78 is 5.45. The van der Waals surface area contributed by atoms with Crippen molar-refractivity contribution < 1.29 is 14.6 Å². The van der Waals surface area contributed by atoms with Gasteiger partial charge in [-0.05, 0) is 19.8 Å². The minimum absolute atomic E-state index is 0.530. The molecule has 0 aliphatic rings. The zero-order valence-electron chi connectivity index (χ0n) is 11.9. The van der Waals surface area contributed by atoms with Crippen LogP contribution >= 0.6 is 11.3 Å². The summed E-state index contributed by atoms with van der Waals surface area (Å²) in [5.74, 6) is -0.340. The minimum atomic E-state index is -0.954. The summed E-state index contributed by atoms with van der Waals surface area (Å²) in [6, 6.07) is 0. The van der Waals surface area contributed by atoms with Gasteiger partial charge in [0.1, 0.15) is 5.41 Å². The van der Waals surface area contributed by atoms with Crippen LogP contribution in [0.3, 0.4) is 0 Å². The number of carboxylic acid groups (broad SMARTS) is 1. The highest BCUT2D eigenvalue weighted by Crippen LogP contribution is 2.27. The standard InChI is InChI=1S/C13H22N2O3S/c1-9(2)7-18-6-5-14-12-15-10(8-19-12)13(3,4)11(16)17/h8-9H,5-7H2,1-4H3,(H,14,15)(H,16,17). The lowest BCUT2D eigenvalue weighted by Gasteiger charge is -2.15. The Kier molecular flexibility index (Phi) is 5.75. The first kappa shape index (κ1) is 15.9. The number of carbonyl (C=O) groups is 1. The van der Waals surface area contributed by atoms with E-state index in [0.29, 0.717) is 24.8 Å². The van der Waals surface area contributed by atoms with Crippen LogP contribution in [-0.4, -0.2) is 35.8 Å². The Labute approximate surface area is 118 Å². The molecule has 0 spiro atoms. The predicted molar refractivity (Wildman–Crippen MR) is 76.9 cm³/mol. The number of hydrogen-bond acceptors (Lipinski definition) is 5. The van der Waals surface area contributed by atoms with Crippen molar-refractivity contribution >= 4 is 22.4 Å². The number of ether oxygens (including phenoxy) is 1. The number of thiazole rings is 1. The Morgan fingerprint density at radius 2 is 2.26 bits per heavy atom. The molecule has 0 aromatic carbocycles. The lowest BCUT2D eigenvalue weighted by molar-refractivity contribution is -0.142. The first-order chi connectivity index (χ1) is 8.84. The van der Waals surface area contributed by atoms with Crippen LogP contribution < -0.4 is 5.32 Å². The number of carboxylic acids is 1. The SMILES string of the molecule is CC(C)COCCNc1nc(C(C)(C)C(=O)O)cs1. The lowest BCUT2D eigenvalue weighted by Crippen LogP contribution is -2.28. The Hall–Kier alpha value is -1.14. The van der Waals surface area contributed by atoms with Crippen LogP contribution in [0.4, 0.5) is 5.13 Å². The van der Waals surface area contributed by atoms with E-state index in [9.17, 15) is 4.79 Å². The van der Waals surface area contributed by atoms with Gasteiger partial charge in [0.05, 0.1) is 12.3 Å². The maximum Gasteiger partial charge on any atom is 0.315 e. The van der Waals surface area contributed by atoms with Crippen molar-refractivity contribution in [1.82, 2.24) is 4.98 Å². The summed E-state index contributed by atoms with van der Waals surface area (Å²) >= 11 is 1.42. The van der Waals surface area contributed by atoms with E-state index < -0.39 is 11.4 Å². The van der Waals surface area contributed by atoms with Gasteiger partial charge in [-0.2, -0.15) is 0 Å². The van der Waals surface area contributed by atoms with E-state index in [1.54, 1.807) is 19.2 Å². The van der Waals surface area contributed by atoms with Crippen molar-refractivity contribution in [1.29, 1.82) is 0 Å². The van der Waals surface area contributed by atoms with E-state index in [2.05, 4.69) is 24.1 Å². The third kappa shape index (κ3) is 4.80. The van der Waals surface area contributed by atoms with Gasteiger partial charge in [0, 0.05) is 18.5 Å². The average molecular weight is 286 g/mol. The van der Waals surface area contributed by atoms with Gasteiger partial charge in [-0.3, -0.25) is 4.79 Å². The molecular formula is C13H22N2O3S. The second-order valence-electron chi connectivity index (χ2n) is 5.36. The number of aliphatic carboxylic acids is 1. The smallest absolute Gasteiger partial charge is 0.315 e. The Morgan fingerprint density at radius 3 is 2.84 bits per heavy atom. The summed E-state index contributed by atoms with van der Waals surface area (Å²) in [7, 11) is 0. The van der Waals surface area contributed by atoms with Gasteiger partial charge < -0.3 is 15.2 Å². The van der Waals surface area contributed by atoms with E-state index in [-0.39, 0.29) is 0 Å². The van der Waals surface area contributed by atoms with Crippen LogP contribution in [0, 0.1) is 5.92 Å². The zero-order valence-corrected chi connectivity index (χ0v) is 12.7. The molecule has 0 atom stereocenters. The minimum Gasteiger partial charge on any atom is -0.481 e. The topological polar surface area (TPSA) is 71.5 Å². The molecule has 1 aromatic heterocycles. The van der Waals surface area contributed by atoms with E-state index in [0.717, 1.165) is 11.7 Å². The van der Waals surface area contributed by atoms with Gasteiger partial charge in [-0.15, -0.1) is 11.3 Å². The molecule has 108 valence electrons. The number of rotatable bonds is 8. The predicted octanol–water partition coefficient (Wildman–Crippen LogP) is 2.59. The molecule has 6 heteroatoms. The fourth-order valence-corrected chi connectivity index (χ4v) is 2.21. The highest BCUT2D eigenvalue weighted by atomic mass is 32.1. The monoisotopic (exact) mass is 286 g/mol. The van der Waals surface area contributed by atoms with Crippen molar-refractivity contribution in [3.63, 3.8) is 0 Å². The Morgan fingerprint density at radius 1 is 1.58 bits per heavy atom. The molecule has 1 aromatic rings. The summed E-state index contributed by atoms with van der Waals surface area (Å²) in [6.45, 7) is 9.56. The van der Waals surface area contributed by atoms with E-state index in [1.165, 1.54) is 11.3 Å². The second-order valence-corrected chi connectivity index (χ2v) is 6.22. The normalized spacial score (nSPS) is 11.8. The summed E-state index contributed by atoms with van der Waals surface area (Å²) in [5.41, 5.74) is -0.375. The largest absolute Gasteiger partial charge is 0.481 e. The maximum absolute atomic E-state index is 11.1. The number of aromatic nitrogens is 1. The molecule has 0 aliphatic heterocycles. The quantitative estimate of drug-likeness (QED) is 0.719. The van der Waals surface area contributed by atoms with Crippen LogP contribution in [0.15, 0.2) is 5.38 Å². The van der Waals surface area contributed by atoms with Gasteiger partial charge in [0.15, 0.2) is 5.13 Å². The highest BCUT2D eigenvalue weighted by molar-refractivity contribution is 7.13. The molecule has 0 saturated carbocycles. The number of nitrogens with zero attached hydrogens (tertiary/aromatic N) is 1. The summed E-state index contributed by atoms with van der Waals surface area (Å²) in [5, 5.41) is 14.8. The first-order valence-corrected chi connectivity index (χ1v) is 7.23. The molecule has 0 saturated heterocycles. The highest BCUT2D eigenvalue weighted by Gasteiger charge is 2.32. The fraction of sp³-hybridized carbons (Fsp3) is 0.692. The second kappa shape index (κ2) is 6.86. The molecule has 0 unspecified atom stereocenters. The third-order valence-electron chi connectivity index (χ3n) is 2.65. The van der Waals surface area contributed by atoms with Crippen LogP contribution in [0.2, 0.25) is 0 Å². The van der Waals surface area contributed by atoms with Crippen LogP contribution in [0.5, 0.6) is 0 Å². The van der Waals surface area contributed by atoms with E-state index in [4.69, 9.17) is 9.84 Å². The van der Waals surface area contributed by atoms with E-state index >= 15 is 0 Å². The molecule has 0 radical (unpaired) electrons. The lowest BCUT2D eigenvalue weighted by atomic mass is 9.90. The maximum atomic E-state index is 11.1. The molecule has 5 nitrogen and oxygen atoms in total. The number of nitrogens with one attached hydrogen (secondary N) is 1. The fourth-order valence-electron chi connectivity index (χ4n) is 1.30.